The number of amides is 2. The standard InChI is InChI=1S/C16H11BrN4O3S2/c1-7-18-10(13(17)25-7)6-21-15(23)9-5-3-2-4-8(9)11(20-21)12-14(22)19-16(24)26-12/h2-5,12H,6H2,1H3,(H,19,22,24). The first-order chi connectivity index (χ1) is 12.4. The van der Waals surface area contributed by atoms with E-state index in [2.05, 4.69) is 31.3 Å². The third kappa shape index (κ3) is 2.97. The van der Waals surface area contributed by atoms with Crippen LogP contribution in [-0.4, -0.2) is 25.9 Å². The number of aromatic nitrogens is 3. The van der Waals surface area contributed by atoms with E-state index in [4.69, 9.17) is 0 Å². The van der Waals surface area contributed by atoms with Crippen LogP contribution in [0.2, 0.25) is 0 Å². The molecule has 1 N–H and O–H groups in total. The second kappa shape index (κ2) is 6.60. The van der Waals surface area contributed by atoms with Crippen LogP contribution in [0, 0.1) is 6.92 Å². The van der Waals surface area contributed by atoms with E-state index in [0.717, 1.165) is 20.6 Å². The third-order valence-electron chi connectivity index (χ3n) is 3.89. The number of benzene rings is 1. The zero-order valence-corrected chi connectivity index (χ0v) is 16.6. The molecule has 2 amide bonds. The number of aryl methyl sites for hydroxylation is 1. The molecule has 3 heterocycles. The summed E-state index contributed by atoms with van der Waals surface area (Å²) in [5.74, 6) is -0.423. The summed E-state index contributed by atoms with van der Waals surface area (Å²) in [5.41, 5.74) is 0.830. The molecular weight excluding hydrogens is 440 g/mol. The normalized spacial score (nSPS) is 17.1. The lowest BCUT2D eigenvalue weighted by Gasteiger charge is -2.12. The average molecular weight is 451 g/mol. The molecule has 132 valence electrons. The lowest BCUT2D eigenvalue weighted by molar-refractivity contribution is -0.119. The number of thiazole rings is 1. The summed E-state index contributed by atoms with van der Waals surface area (Å²) in [6.45, 7) is 2.06. The predicted molar refractivity (Wildman–Crippen MR) is 104 cm³/mol. The van der Waals surface area contributed by atoms with E-state index in [1.54, 1.807) is 24.3 Å². The second-order valence-electron chi connectivity index (χ2n) is 5.62. The Morgan fingerprint density at radius 2 is 1.96 bits per heavy atom. The first-order valence-corrected chi connectivity index (χ1v) is 10.1. The van der Waals surface area contributed by atoms with Gasteiger partial charge in [0.1, 0.15) is 5.25 Å². The molecule has 1 fully saturated rings. The van der Waals surface area contributed by atoms with Crippen LogP contribution in [0.4, 0.5) is 4.79 Å². The first kappa shape index (κ1) is 17.4. The third-order valence-corrected chi connectivity index (χ3v) is 6.62. The minimum absolute atomic E-state index is 0.175. The highest BCUT2D eigenvalue weighted by Crippen LogP contribution is 2.36. The predicted octanol–water partition coefficient (Wildman–Crippen LogP) is 3.00. The number of hydrogen-bond acceptors (Lipinski definition) is 7. The Morgan fingerprint density at radius 3 is 2.58 bits per heavy atom. The van der Waals surface area contributed by atoms with E-state index in [1.165, 1.54) is 16.0 Å². The van der Waals surface area contributed by atoms with Crippen LogP contribution in [0.5, 0.6) is 0 Å². The van der Waals surface area contributed by atoms with Gasteiger partial charge in [0, 0.05) is 5.39 Å². The smallest absolute Gasteiger partial charge is 0.286 e. The highest BCUT2D eigenvalue weighted by molar-refractivity contribution is 9.11. The highest BCUT2D eigenvalue weighted by atomic mass is 79.9. The van der Waals surface area contributed by atoms with E-state index in [1.807, 2.05) is 6.92 Å². The summed E-state index contributed by atoms with van der Waals surface area (Å²) in [4.78, 5) is 41.0. The van der Waals surface area contributed by atoms with Gasteiger partial charge in [-0.15, -0.1) is 11.3 Å². The topological polar surface area (TPSA) is 93.9 Å². The number of carbonyl (C=O) groups excluding carboxylic acids is 2. The maximum atomic E-state index is 12.9. The molecule has 1 atom stereocenters. The van der Waals surface area contributed by atoms with E-state index >= 15 is 0 Å². The maximum Gasteiger partial charge on any atom is 0.286 e. The van der Waals surface area contributed by atoms with Crippen molar-refractivity contribution in [2.45, 2.75) is 18.7 Å². The van der Waals surface area contributed by atoms with Gasteiger partial charge in [-0.1, -0.05) is 18.2 Å². The van der Waals surface area contributed by atoms with E-state index < -0.39 is 16.4 Å². The van der Waals surface area contributed by atoms with Gasteiger partial charge in [-0.3, -0.25) is 19.7 Å². The highest BCUT2D eigenvalue weighted by Gasteiger charge is 2.36. The Labute approximate surface area is 163 Å². The van der Waals surface area contributed by atoms with Crippen molar-refractivity contribution >= 4 is 60.9 Å². The Kier molecular flexibility index (Phi) is 4.41. The molecule has 1 saturated heterocycles. The summed E-state index contributed by atoms with van der Waals surface area (Å²) in [7, 11) is 0. The molecule has 0 spiro atoms. The molecule has 0 aliphatic carbocycles. The molecule has 3 aromatic rings. The van der Waals surface area contributed by atoms with E-state index in [9.17, 15) is 14.4 Å². The van der Waals surface area contributed by atoms with Crippen LogP contribution in [-0.2, 0) is 11.3 Å². The van der Waals surface area contributed by atoms with Crippen molar-refractivity contribution < 1.29 is 9.59 Å². The number of nitrogens with zero attached hydrogens (tertiary/aromatic N) is 3. The molecule has 7 nitrogen and oxygen atoms in total. The van der Waals surface area contributed by atoms with Crippen LogP contribution in [0.1, 0.15) is 21.6 Å². The van der Waals surface area contributed by atoms with E-state index in [-0.39, 0.29) is 12.1 Å². The molecule has 1 unspecified atom stereocenters. The lowest BCUT2D eigenvalue weighted by Crippen LogP contribution is -2.28. The van der Waals surface area contributed by atoms with Crippen molar-refractivity contribution in [2.75, 3.05) is 0 Å². The number of rotatable bonds is 3. The van der Waals surface area contributed by atoms with Gasteiger partial charge < -0.3 is 0 Å². The second-order valence-corrected chi connectivity index (χ2v) is 9.22. The monoisotopic (exact) mass is 450 g/mol. The summed E-state index contributed by atoms with van der Waals surface area (Å²) in [6.07, 6.45) is 0. The molecule has 2 aromatic heterocycles. The summed E-state index contributed by atoms with van der Waals surface area (Å²) >= 11 is 5.80. The number of fused-ring (bicyclic) bond motifs is 1. The van der Waals surface area contributed by atoms with Crippen molar-refractivity contribution in [3.8, 4) is 0 Å². The van der Waals surface area contributed by atoms with Crippen molar-refractivity contribution in [1.29, 1.82) is 0 Å². The quantitative estimate of drug-likeness (QED) is 0.658. The fourth-order valence-electron chi connectivity index (χ4n) is 2.78. The van der Waals surface area contributed by atoms with Crippen molar-refractivity contribution in [3.63, 3.8) is 0 Å². The minimum atomic E-state index is -0.778. The first-order valence-electron chi connectivity index (χ1n) is 7.57. The van der Waals surface area contributed by atoms with Gasteiger partial charge >= 0.3 is 0 Å². The summed E-state index contributed by atoms with van der Waals surface area (Å²) < 4.78 is 2.13. The molecule has 26 heavy (non-hydrogen) atoms. The van der Waals surface area contributed by atoms with Crippen molar-refractivity contribution in [3.05, 3.63) is 54.8 Å². The average Bonchev–Trinajstić information content (AvgIpc) is 3.10. The van der Waals surface area contributed by atoms with Gasteiger partial charge in [0.15, 0.2) is 0 Å². The zero-order valence-electron chi connectivity index (χ0n) is 13.4. The Morgan fingerprint density at radius 1 is 1.23 bits per heavy atom. The molecule has 4 rings (SSSR count). The van der Waals surface area contributed by atoms with Gasteiger partial charge in [-0.25, -0.2) is 9.67 Å². The Bertz CT molecular complexity index is 1120. The SMILES string of the molecule is Cc1nc(Cn2nc(C3SC(=O)NC3=O)c3ccccc3c2=O)c(Br)s1. The van der Waals surface area contributed by atoms with E-state index in [0.29, 0.717) is 22.2 Å². The molecule has 1 aliphatic heterocycles. The Balaban J connectivity index is 1.90. The Hall–Kier alpha value is -2.04. The molecule has 0 radical (unpaired) electrons. The number of hydrogen-bond donors (Lipinski definition) is 1. The molecule has 10 heteroatoms. The molecule has 0 saturated carbocycles. The maximum absolute atomic E-state index is 12.9. The number of halogens is 1. The zero-order chi connectivity index (χ0) is 18.4. The van der Waals surface area contributed by atoms with Gasteiger partial charge in [-0.2, -0.15) is 5.10 Å². The van der Waals surface area contributed by atoms with Crippen LogP contribution >= 0.6 is 39.0 Å². The molecule has 1 aliphatic rings. The number of thioether (sulfide) groups is 1. The summed E-state index contributed by atoms with van der Waals surface area (Å²) in [5, 5.41) is 7.40. The summed E-state index contributed by atoms with van der Waals surface area (Å²) in [6, 6.07) is 6.97. The van der Waals surface area contributed by atoms with Gasteiger partial charge in [0.2, 0.25) is 5.91 Å². The number of imide groups is 1. The lowest BCUT2D eigenvalue weighted by atomic mass is 10.1. The number of carbonyl (C=O) groups is 2. The van der Waals surface area contributed by atoms with Gasteiger partial charge in [0.05, 0.1) is 32.1 Å². The van der Waals surface area contributed by atoms with Crippen molar-refractivity contribution in [1.82, 2.24) is 20.1 Å². The fraction of sp³-hybridized carbons (Fsp3) is 0.188. The minimum Gasteiger partial charge on any atom is -0.286 e. The largest absolute Gasteiger partial charge is 0.286 e. The van der Waals surface area contributed by atoms with Gasteiger partial charge in [-0.05, 0) is 40.7 Å². The van der Waals surface area contributed by atoms with Crippen LogP contribution < -0.4 is 10.9 Å². The van der Waals surface area contributed by atoms with Crippen LogP contribution in [0.15, 0.2) is 32.8 Å². The van der Waals surface area contributed by atoms with Crippen LogP contribution in [0.25, 0.3) is 10.8 Å². The van der Waals surface area contributed by atoms with Gasteiger partial charge in [0.25, 0.3) is 10.8 Å². The number of nitrogens with one attached hydrogen (secondary N) is 1. The van der Waals surface area contributed by atoms with Crippen molar-refractivity contribution in [2.24, 2.45) is 0 Å². The van der Waals surface area contributed by atoms with Crippen LogP contribution in [0.3, 0.4) is 0 Å². The fourth-order valence-corrected chi connectivity index (χ4v) is 5.17. The molecule has 1 aromatic carbocycles. The molecule has 0 bridgehead atoms. The molecular formula is C16H11BrN4O3S2.